The maximum Gasteiger partial charge on any atom is 0.416 e. The van der Waals surface area contributed by atoms with Crippen LogP contribution in [0.4, 0.5) is 13.2 Å². The van der Waals surface area contributed by atoms with Crippen LogP contribution in [0.5, 0.6) is 0 Å². The number of nitrogens with zero attached hydrogens (tertiary/aromatic N) is 3. The van der Waals surface area contributed by atoms with Crippen LogP contribution in [-0.4, -0.2) is 37.1 Å². The standard InChI is InChI=1S/C21H19F3N4O3/c22-21(23,24)14-5-3-13(4-6-14)19-25-17-7-9-27(11-16(17)20(31)26-19)10-15-2-1-8-28(15)12-18(29)30/h1-6,8H,7,9-12H2,(H,29,30)(H,25,26,31). The topological polar surface area (TPSA) is 91.2 Å². The summed E-state index contributed by atoms with van der Waals surface area (Å²) >= 11 is 0. The van der Waals surface area contributed by atoms with E-state index in [1.807, 2.05) is 11.0 Å². The Labute approximate surface area is 174 Å². The number of H-pyrrole nitrogens is 1. The van der Waals surface area contributed by atoms with Gasteiger partial charge in [-0.1, -0.05) is 12.1 Å². The number of carboxylic acid groups (broad SMARTS) is 1. The van der Waals surface area contributed by atoms with E-state index in [1.54, 1.807) is 16.8 Å². The fourth-order valence-corrected chi connectivity index (χ4v) is 3.69. The van der Waals surface area contributed by atoms with E-state index >= 15 is 0 Å². The van der Waals surface area contributed by atoms with Gasteiger partial charge in [-0.2, -0.15) is 13.2 Å². The van der Waals surface area contributed by atoms with E-state index in [0.29, 0.717) is 42.9 Å². The van der Waals surface area contributed by atoms with Crippen molar-refractivity contribution in [1.82, 2.24) is 19.4 Å². The SMILES string of the molecule is O=C(O)Cn1cccc1CN1CCc2nc(-c3ccc(C(F)(F)F)cc3)[nH]c(=O)c2C1. The van der Waals surface area contributed by atoms with Gasteiger partial charge in [0.2, 0.25) is 0 Å². The van der Waals surface area contributed by atoms with E-state index in [4.69, 9.17) is 5.11 Å². The molecular formula is C21H19F3N4O3. The minimum atomic E-state index is -4.43. The van der Waals surface area contributed by atoms with Crippen LogP contribution < -0.4 is 5.56 Å². The molecule has 3 aromatic rings. The van der Waals surface area contributed by atoms with Crippen LogP contribution in [0.1, 0.15) is 22.5 Å². The highest BCUT2D eigenvalue weighted by atomic mass is 19.4. The lowest BCUT2D eigenvalue weighted by Crippen LogP contribution is -2.36. The van der Waals surface area contributed by atoms with Gasteiger partial charge in [0, 0.05) is 43.5 Å². The van der Waals surface area contributed by atoms with Crippen molar-refractivity contribution in [1.29, 1.82) is 0 Å². The first-order valence-corrected chi connectivity index (χ1v) is 9.58. The molecule has 0 unspecified atom stereocenters. The molecule has 4 rings (SSSR count). The Balaban J connectivity index is 1.53. The van der Waals surface area contributed by atoms with E-state index in [2.05, 4.69) is 9.97 Å². The zero-order chi connectivity index (χ0) is 22.2. The second-order valence-corrected chi connectivity index (χ2v) is 7.40. The number of rotatable bonds is 5. The molecule has 0 radical (unpaired) electrons. The maximum absolute atomic E-state index is 12.8. The third-order valence-corrected chi connectivity index (χ3v) is 5.25. The van der Waals surface area contributed by atoms with Crippen molar-refractivity contribution >= 4 is 5.97 Å². The van der Waals surface area contributed by atoms with Gasteiger partial charge in [0.15, 0.2) is 0 Å². The van der Waals surface area contributed by atoms with Crippen LogP contribution >= 0.6 is 0 Å². The molecule has 0 bridgehead atoms. The van der Waals surface area contributed by atoms with Crippen molar-refractivity contribution in [3.63, 3.8) is 0 Å². The second-order valence-electron chi connectivity index (χ2n) is 7.40. The predicted octanol–water partition coefficient (Wildman–Crippen LogP) is 2.90. The molecule has 0 fully saturated rings. The molecule has 0 aliphatic carbocycles. The molecule has 2 aromatic heterocycles. The summed E-state index contributed by atoms with van der Waals surface area (Å²) in [6.07, 6.45) is -2.22. The van der Waals surface area contributed by atoms with Gasteiger partial charge < -0.3 is 14.7 Å². The third kappa shape index (κ3) is 4.53. The lowest BCUT2D eigenvalue weighted by Gasteiger charge is -2.28. The van der Waals surface area contributed by atoms with Crippen LogP contribution in [0.2, 0.25) is 0 Å². The summed E-state index contributed by atoms with van der Waals surface area (Å²) in [6.45, 7) is 1.32. The molecule has 0 saturated heterocycles. The number of fused-ring (bicyclic) bond motifs is 1. The molecule has 0 atom stereocenters. The Morgan fingerprint density at radius 3 is 2.61 bits per heavy atom. The zero-order valence-electron chi connectivity index (χ0n) is 16.3. The van der Waals surface area contributed by atoms with Crippen molar-refractivity contribution < 1.29 is 23.1 Å². The molecule has 31 heavy (non-hydrogen) atoms. The van der Waals surface area contributed by atoms with E-state index in [1.165, 1.54) is 12.1 Å². The number of carbonyl (C=O) groups is 1. The number of hydrogen-bond donors (Lipinski definition) is 2. The lowest BCUT2D eigenvalue weighted by atomic mass is 10.1. The zero-order valence-corrected chi connectivity index (χ0v) is 16.3. The predicted molar refractivity (Wildman–Crippen MR) is 105 cm³/mol. The highest BCUT2D eigenvalue weighted by Gasteiger charge is 2.30. The summed E-state index contributed by atoms with van der Waals surface area (Å²) in [5.41, 5.74) is 1.28. The molecular weight excluding hydrogens is 413 g/mol. The molecule has 1 aromatic carbocycles. The molecule has 1 aliphatic heterocycles. The Morgan fingerprint density at radius 1 is 1.19 bits per heavy atom. The number of halogens is 3. The summed E-state index contributed by atoms with van der Waals surface area (Å²) in [5.74, 6) is -0.695. The number of nitrogens with one attached hydrogen (secondary N) is 1. The number of alkyl halides is 3. The fraction of sp³-hybridized carbons (Fsp3) is 0.286. The van der Waals surface area contributed by atoms with Gasteiger partial charge in [-0.3, -0.25) is 14.5 Å². The van der Waals surface area contributed by atoms with Gasteiger partial charge in [0.25, 0.3) is 5.56 Å². The van der Waals surface area contributed by atoms with Gasteiger partial charge in [0.05, 0.1) is 16.8 Å². The highest BCUT2D eigenvalue weighted by molar-refractivity contribution is 5.66. The molecule has 2 N–H and O–H groups in total. The van der Waals surface area contributed by atoms with Gasteiger partial charge in [-0.25, -0.2) is 4.98 Å². The van der Waals surface area contributed by atoms with Crippen molar-refractivity contribution in [3.05, 3.63) is 75.5 Å². The average Bonchev–Trinajstić information content (AvgIpc) is 3.13. The van der Waals surface area contributed by atoms with E-state index in [-0.39, 0.29) is 17.9 Å². The van der Waals surface area contributed by atoms with Crippen molar-refractivity contribution in [3.8, 4) is 11.4 Å². The van der Waals surface area contributed by atoms with Crippen LogP contribution in [-0.2, 0) is 37.0 Å². The molecule has 1 aliphatic rings. The van der Waals surface area contributed by atoms with Gasteiger partial charge in [-0.05, 0) is 24.3 Å². The maximum atomic E-state index is 12.8. The van der Waals surface area contributed by atoms with Crippen LogP contribution in [0.15, 0.2) is 47.4 Å². The Hall–Kier alpha value is -3.40. The fourth-order valence-electron chi connectivity index (χ4n) is 3.69. The monoisotopic (exact) mass is 432 g/mol. The van der Waals surface area contributed by atoms with Gasteiger partial charge in [-0.15, -0.1) is 0 Å². The number of hydrogen-bond acceptors (Lipinski definition) is 4. The van der Waals surface area contributed by atoms with Gasteiger partial charge in [0.1, 0.15) is 12.4 Å². The van der Waals surface area contributed by atoms with Crippen molar-refractivity contribution in [2.75, 3.05) is 6.54 Å². The van der Waals surface area contributed by atoms with Gasteiger partial charge >= 0.3 is 12.1 Å². The van der Waals surface area contributed by atoms with Crippen LogP contribution in [0.3, 0.4) is 0 Å². The van der Waals surface area contributed by atoms with Crippen LogP contribution in [0, 0.1) is 0 Å². The summed E-state index contributed by atoms with van der Waals surface area (Å²) in [4.78, 5) is 32.8. The highest BCUT2D eigenvalue weighted by Crippen LogP contribution is 2.30. The molecule has 3 heterocycles. The minimum absolute atomic E-state index is 0.134. The number of aromatic amines is 1. The number of benzene rings is 1. The Bertz CT molecular complexity index is 1170. The first-order chi connectivity index (χ1) is 14.7. The Kier molecular flexibility index (Phi) is 5.40. The summed E-state index contributed by atoms with van der Waals surface area (Å²) in [5, 5.41) is 9.01. The Morgan fingerprint density at radius 2 is 1.94 bits per heavy atom. The molecule has 0 amide bonds. The molecule has 7 nitrogen and oxygen atoms in total. The van der Waals surface area contributed by atoms with E-state index < -0.39 is 17.7 Å². The minimum Gasteiger partial charge on any atom is -0.480 e. The smallest absolute Gasteiger partial charge is 0.416 e. The lowest BCUT2D eigenvalue weighted by molar-refractivity contribution is -0.138. The van der Waals surface area contributed by atoms with E-state index in [9.17, 15) is 22.8 Å². The quantitative estimate of drug-likeness (QED) is 0.647. The molecule has 162 valence electrons. The summed E-state index contributed by atoms with van der Waals surface area (Å²) in [7, 11) is 0. The first-order valence-electron chi connectivity index (χ1n) is 9.58. The number of aromatic nitrogens is 3. The van der Waals surface area contributed by atoms with E-state index in [0.717, 1.165) is 17.8 Å². The second kappa shape index (κ2) is 8.03. The first kappa shape index (κ1) is 20.9. The largest absolute Gasteiger partial charge is 0.480 e. The number of carboxylic acids is 1. The molecule has 10 heteroatoms. The summed E-state index contributed by atoms with van der Waals surface area (Å²) in [6, 6.07) is 8.12. The van der Waals surface area contributed by atoms with Crippen LogP contribution in [0.25, 0.3) is 11.4 Å². The molecule has 0 saturated carbocycles. The third-order valence-electron chi connectivity index (χ3n) is 5.25. The number of aliphatic carboxylic acids is 1. The molecule has 0 spiro atoms. The van der Waals surface area contributed by atoms with Crippen molar-refractivity contribution in [2.24, 2.45) is 0 Å². The normalized spacial score (nSPS) is 14.4. The summed E-state index contributed by atoms with van der Waals surface area (Å²) < 4.78 is 39.9. The van der Waals surface area contributed by atoms with Crippen molar-refractivity contribution in [2.45, 2.75) is 32.2 Å². The average molecular weight is 432 g/mol.